The van der Waals surface area contributed by atoms with Gasteiger partial charge in [-0.05, 0) is 24.6 Å². The van der Waals surface area contributed by atoms with Gasteiger partial charge in [-0.15, -0.1) is 0 Å². The van der Waals surface area contributed by atoms with Crippen LogP contribution >= 0.6 is 15.9 Å². The van der Waals surface area contributed by atoms with Gasteiger partial charge in [0.05, 0.1) is 6.61 Å². The van der Waals surface area contributed by atoms with Crippen LogP contribution in [0.3, 0.4) is 0 Å². The molecule has 0 aliphatic rings. The Balaban J connectivity index is 2.73. The molecule has 0 saturated carbocycles. The largest absolute Gasteiger partial charge is 0.494 e. The number of carbonyl (C=O) groups excluding carboxylic acids is 1. The molecule has 94 valence electrons. The summed E-state index contributed by atoms with van der Waals surface area (Å²) in [5.74, 6) is 0.774. The van der Waals surface area contributed by atoms with E-state index >= 15 is 0 Å². The lowest BCUT2D eigenvalue weighted by Gasteiger charge is -2.16. The third kappa shape index (κ3) is 4.38. The molecule has 0 aliphatic carbocycles. The summed E-state index contributed by atoms with van der Waals surface area (Å²) in [6.07, 6.45) is 0.960. The van der Waals surface area contributed by atoms with Crippen LogP contribution in [0.25, 0.3) is 0 Å². The molecule has 0 heterocycles. The first-order chi connectivity index (χ1) is 8.19. The smallest absolute Gasteiger partial charge is 0.253 e. The summed E-state index contributed by atoms with van der Waals surface area (Å²) >= 11 is 3.32. The Morgan fingerprint density at radius 3 is 2.88 bits per heavy atom. The molecule has 0 unspecified atom stereocenters. The van der Waals surface area contributed by atoms with E-state index in [9.17, 15) is 4.79 Å². The topological polar surface area (TPSA) is 29.5 Å². The van der Waals surface area contributed by atoms with E-state index in [4.69, 9.17) is 4.74 Å². The van der Waals surface area contributed by atoms with Crippen LogP contribution in [0.2, 0.25) is 0 Å². The van der Waals surface area contributed by atoms with Gasteiger partial charge >= 0.3 is 0 Å². The highest BCUT2D eigenvalue weighted by molar-refractivity contribution is 9.09. The summed E-state index contributed by atoms with van der Waals surface area (Å²) in [7, 11) is 1.79. The Hall–Kier alpha value is -1.03. The fraction of sp³-hybridized carbons (Fsp3) is 0.462. The second kappa shape index (κ2) is 7.33. The van der Waals surface area contributed by atoms with Gasteiger partial charge in [0.1, 0.15) is 5.75 Å². The molecule has 1 rings (SSSR count). The Kier molecular flexibility index (Phi) is 6.05. The van der Waals surface area contributed by atoms with Crippen molar-refractivity contribution >= 4 is 21.8 Å². The molecular formula is C13H18BrNO2. The van der Waals surface area contributed by atoms with Crippen LogP contribution in [0, 0.1) is 0 Å². The van der Waals surface area contributed by atoms with Gasteiger partial charge in [0.2, 0.25) is 0 Å². The third-order valence-corrected chi connectivity index (χ3v) is 2.68. The molecule has 0 aliphatic heterocycles. The maximum atomic E-state index is 12.0. The van der Waals surface area contributed by atoms with Crippen molar-refractivity contribution < 1.29 is 9.53 Å². The van der Waals surface area contributed by atoms with Crippen LogP contribution < -0.4 is 4.74 Å². The molecule has 0 aromatic heterocycles. The van der Waals surface area contributed by atoms with Crippen LogP contribution in [0.4, 0.5) is 0 Å². The fourth-order valence-electron chi connectivity index (χ4n) is 1.39. The molecule has 17 heavy (non-hydrogen) atoms. The first kappa shape index (κ1) is 14.0. The number of carbonyl (C=O) groups is 1. The molecule has 0 N–H and O–H groups in total. The van der Waals surface area contributed by atoms with Gasteiger partial charge in [-0.2, -0.15) is 0 Å². The van der Waals surface area contributed by atoms with Crippen molar-refractivity contribution in [2.75, 3.05) is 25.5 Å². The summed E-state index contributed by atoms with van der Waals surface area (Å²) in [5.41, 5.74) is 0.669. The Morgan fingerprint density at radius 2 is 2.24 bits per heavy atom. The maximum Gasteiger partial charge on any atom is 0.253 e. The highest BCUT2D eigenvalue weighted by Gasteiger charge is 2.11. The number of hydrogen-bond acceptors (Lipinski definition) is 2. The van der Waals surface area contributed by atoms with Crippen LogP contribution in [0.5, 0.6) is 5.75 Å². The standard InChI is InChI=1S/C13H18BrNO2/c1-3-9-17-12-6-4-5-11(10-12)13(16)15(2)8-7-14/h4-6,10H,3,7-9H2,1-2H3. The Labute approximate surface area is 111 Å². The van der Waals surface area contributed by atoms with Crippen molar-refractivity contribution in [3.05, 3.63) is 29.8 Å². The molecule has 0 saturated heterocycles. The quantitative estimate of drug-likeness (QED) is 0.756. The van der Waals surface area contributed by atoms with E-state index in [1.807, 2.05) is 18.2 Å². The molecule has 0 fully saturated rings. The van der Waals surface area contributed by atoms with E-state index in [1.165, 1.54) is 0 Å². The lowest BCUT2D eigenvalue weighted by Crippen LogP contribution is -2.28. The highest BCUT2D eigenvalue weighted by Crippen LogP contribution is 2.15. The molecule has 0 bridgehead atoms. The average Bonchev–Trinajstić information content (AvgIpc) is 2.36. The van der Waals surface area contributed by atoms with Crippen molar-refractivity contribution in [1.82, 2.24) is 4.90 Å². The average molecular weight is 300 g/mol. The van der Waals surface area contributed by atoms with E-state index in [2.05, 4.69) is 22.9 Å². The highest BCUT2D eigenvalue weighted by atomic mass is 79.9. The van der Waals surface area contributed by atoms with Crippen molar-refractivity contribution in [3.8, 4) is 5.75 Å². The maximum absolute atomic E-state index is 12.0. The molecule has 4 heteroatoms. The summed E-state index contributed by atoms with van der Waals surface area (Å²) in [5, 5.41) is 0.779. The SMILES string of the molecule is CCCOc1cccc(C(=O)N(C)CCBr)c1. The van der Waals surface area contributed by atoms with Gasteiger partial charge in [-0.3, -0.25) is 4.79 Å². The van der Waals surface area contributed by atoms with Crippen LogP contribution in [-0.2, 0) is 0 Å². The van der Waals surface area contributed by atoms with Crippen LogP contribution in [0.15, 0.2) is 24.3 Å². The van der Waals surface area contributed by atoms with Crippen molar-refractivity contribution in [3.63, 3.8) is 0 Å². The van der Waals surface area contributed by atoms with Crippen molar-refractivity contribution in [2.24, 2.45) is 0 Å². The molecule has 0 radical (unpaired) electrons. The van der Waals surface area contributed by atoms with Gasteiger partial charge in [0, 0.05) is 24.5 Å². The van der Waals surface area contributed by atoms with Gasteiger partial charge in [-0.25, -0.2) is 0 Å². The minimum absolute atomic E-state index is 0.0198. The van der Waals surface area contributed by atoms with Crippen LogP contribution in [-0.4, -0.2) is 36.3 Å². The minimum Gasteiger partial charge on any atom is -0.494 e. The number of nitrogens with zero attached hydrogens (tertiary/aromatic N) is 1. The first-order valence-electron chi connectivity index (χ1n) is 5.73. The number of halogens is 1. The molecule has 1 aromatic carbocycles. The second-order valence-electron chi connectivity index (χ2n) is 3.79. The van der Waals surface area contributed by atoms with E-state index in [-0.39, 0.29) is 5.91 Å². The number of benzene rings is 1. The van der Waals surface area contributed by atoms with Gasteiger partial charge in [0.15, 0.2) is 0 Å². The lowest BCUT2D eigenvalue weighted by atomic mass is 10.2. The van der Waals surface area contributed by atoms with Gasteiger partial charge in [0.25, 0.3) is 5.91 Å². The second-order valence-corrected chi connectivity index (χ2v) is 4.58. The Bertz CT molecular complexity index is 368. The monoisotopic (exact) mass is 299 g/mol. The summed E-state index contributed by atoms with van der Waals surface area (Å²) in [6.45, 7) is 3.42. The number of rotatable bonds is 6. The van der Waals surface area contributed by atoms with E-state index in [1.54, 1.807) is 18.0 Å². The lowest BCUT2D eigenvalue weighted by molar-refractivity contribution is 0.0803. The predicted molar refractivity (Wildman–Crippen MR) is 73.0 cm³/mol. The molecule has 0 atom stereocenters. The number of alkyl halides is 1. The minimum atomic E-state index is 0.0198. The fourth-order valence-corrected chi connectivity index (χ4v) is 1.92. The van der Waals surface area contributed by atoms with E-state index in [0.29, 0.717) is 18.7 Å². The van der Waals surface area contributed by atoms with E-state index in [0.717, 1.165) is 17.5 Å². The van der Waals surface area contributed by atoms with Crippen LogP contribution in [0.1, 0.15) is 23.7 Å². The summed E-state index contributed by atoms with van der Waals surface area (Å²) in [4.78, 5) is 13.7. The van der Waals surface area contributed by atoms with Gasteiger partial charge in [-0.1, -0.05) is 28.9 Å². The molecular weight excluding hydrogens is 282 g/mol. The number of amides is 1. The van der Waals surface area contributed by atoms with Crippen molar-refractivity contribution in [1.29, 1.82) is 0 Å². The third-order valence-electron chi connectivity index (χ3n) is 2.32. The molecule has 1 aromatic rings. The van der Waals surface area contributed by atoms with E-state index < -0.39 is 0 Å². The zero-order valence-electron chi connectivity index (χ0n) is 10.3. The first-order valence-corrected chi connectivity index (χ1v) is 6.85. The zero-order valence-corrected chi connectivity index (χ0v) is 11.9. The van der Waals surface area contributed by atoms with Gasteiger partial charge < -0.3 is 9.64 Å². The molecule has 1 amide bonds. The van der Waals surface area contributed by atoms with Crippen molar-refractivity contribution in [2.45, 2.75) is 13.3 Å². The predicted octanol–water partition coefficient (Wildman–Crippen LogP) is 2.94. The summed E-state index contributed by atoms with van der Waals surface area (Å²) in [6, 6.07) is 7.33. The zero-order chi connectivity index (χ0) is 12.7. The summed E-state index contributed by atoms with van der Waals surface area (Å²) < 4.78 is 5.51. The normalized spacial score (nSPS) is 10.1. The number of hydrogen-bond donors (Lipinski definition) is 0. The number of ether oxygens (including phenoxy) is 1. The Morgan fingerprint density at radius 1 is 1.47 bits per heavy atom. The molecule has 0 spiro atoms. The molecule has 3 nitrogen and oxygen atoms in total.